The number of nitrogens with one attached hydrogen (secondary N) is 1. The normalized spacial score (nSPS) is 28.4. The van der Waals surface area contributed by atoms with Crippen LogP contribution in [0.2, 0.25) is 0 Å². The van der Waals surface area contributed by atoms with Gasteiger partial charge in [0.25, 0.3) is 0 Å². The summed E-state index contributed by atoms with van der Waals surface area (Å²) in [6.07, 6.45) is 3.65. The number of carbonyl (C=O) groups excluding carboxylic acids is 1. The second kappa shape index (κ2) is 5.47. The number of ether oxygens (including phenoxy) is 2. The fourth-order valence-corrected chi connectivity index (χ4v) is 2.03. The predicted molar refractivity (Wildman–Crippen MR) is 66.4 cm³/mol. The van der Waals surface area contributed by atoms with Gasteiger partial charge in [-0.15, -0.1) is 13.2 Å². The van der Waals surface area contributed by atoms with Crippen molar-refractivity contribution in [2.24, 2.45) is 0 Å². The van der Waals surface area contributed by atoms with Crippen molar-refractivity contribution < 1.29 is 14.3 Å². The lowest BCUT2D eigenvalue weighted by Gasteiger charge is -2.25. The van der Waals surface area contributed by atoms with Gasteiger partial charge in [-0.3, -0.25) is 4.79 Å². The van der Waals surface area contributed by atoms with E-state index in [1.807, 2.05) is 13.8 Å². The summed E-state index contributed by atoms with van der Waals surface area (Å²) in [4.78, 5) is 11.2. The van der Waals surface area contributed by atoms with Crippen molar-refractivity contribution in [1.82, 2.24) is 5.32 Å². The maximum Gasteiger partial charge on any atom is 0.217 e. The van der Waals surface area contributed by atoms with E-state index >= 15 is 0 Å². The highest BCUT2D eigenvalue weighted by atomic mass is 16.8. The van der Waals surface area contributed by atoms with E-state index in [9.17, 15) is 4.79 Å². The molecule has 96 valence electrons. The van der Waals surface area contributed by atoms with Gasteiger partial charge in [0.2, 0.25) is 5.91 Å². The molecule has 1 rings (SSSR count). The molecule has 0 unspecified atom stereocenters. The van der Waals surface area contributed by atoms with Crippen LogP contribution in [0.1, 0.15) is 27.2 Å². The Kier molecular flexibility index (Phi) is 4.48. The van der Waals surface area contributed by atoms with Crippen LogP contribution in [-0.4, -0.2) is 29.9 Å². The highest BCUT2D eigenvalue weighted by molar-refractivity contribution is 5.73. The van der Waals surface area contributed by atoms with Crippen molar-refractivity contribution in [3.63, 3.8) is 0 Å². The summed E-state index contributed by atoms with van der Waals surface area (Å²) in [5.41, 5.74) is 0. The van der Waals surface area contributed by atoms with Crippen molar-refractivity contribution in [2.45, 2.75) is 51.2 Å². The summed E-state index contributed by atoms with van der Waals surface area (Å²) in [6.45, 7) is 12.6. The Bertz CT molecular complexity index is 312. The molecule has 3 atom stereocenters. The average molecular weight is 239 g/mol. The van der Waals surface area contributed by atoms with Crippen LogP contribution in [0, 0.1) is 0 Å². The first-order valence-electron chi connectivity index (χ1n) is 5.76. The maximum absolute atomic E-state index is 11.2. The van der Waals surface area contributed by atoms with E-state index in [0.717, 1.165) is 0 Å². The van der Waals surface area contributed by atoms with Gasteiger partial charge in [0.15, 0.2) is 5.79 Å². The monoisotopic (exact) mass is 239 g/mol. The van der Waals surface area contributed by atoms with Crippen molar-refractivity contribution in [3.05, 3.63) is 25.3 Å². The Hall–Kier alpha value is -1.13. The van der Waals surface area contributed by atoms with Crippen LogP contribution in [0.3, 0.4) is 0 Å². The highest BCUT2D eigenvalue weighted by Crippen LogP contribution is 2.31. The molecule has 0 bridgehead atoms. The van der Waals surface area contributed by atoms with Crippen LogP contribution in [0.5, 0.6) is 0 Å². The minimum absolute atomic E-state index is 0.0898. The third-order valence-corrected chi connectivity index (χ3v) is 2.60. The summed E-state index contributed by atoms with van der Waals surface area (Å²) in [6, 6.07) is -0.144. The number of amides is 1. The Morgan fingerprint density at radius 3 is 2.59 bits per heavy atom. The molecule has 0 spiro atoms. The lowest BCUT2D eigenvalue weighted by Crippen LogP contribution is -2.46. The second-order valence-corrected chi connectivity index (χ2v) is 4.63. The molecule has 0 aliphatic carbocycles. The molecule has 1 aliphatic heterocycles. The first-order chi connectivity index (χ1) is 7.89. The smallest absolute Gasteiger partial charge is 0.217 e. The Labute approximate surface area is 103 Å². The molecular formula is C13H21NO3. The molecule has 0 aromatic heterocycles. The number of carbonyl (C=O) groups is 1. The number of hydrogen-bond acceptors (Lipinski definition) is 3. The van der Waals surface area contributed by atoms with E-state index in [-0.39, 0.29) is 24.2 Å². The van der Waals surface area contributed by atoms with E-state index in [1.54, 1.807) is 12.2 Å². The molecule has 17 heavy (non-hydrogen) atoms. The summed E-state index contributed by atoms with van der Waals surface area (Å²) in [5, 5.41) is 2.86. The second-order valence-electron chi connectivity index (χ2n) is 4.63. The minimum Gasteiger partial charge on any atom is -0.351 e. The zero-order valence-electron chi connectivity index (χ0n) is 10.7. The van der Waals surface area contributed by atoms with Crippen molar-refractivity contribution in [3.8, 4) is 0 Å². The zero-order chi connectivity index (χ0) is 13.1. The average Bonchev–Trinajstić information content (AvgIpc) is 2.52. The highest BCUT2D eigenvalue weighted by Gasteiger charge is 2.43. The molecule has 0 saturated carbocycles. The first kappa shape index (κ1) is 13.9. The zero-order valence-corrected chi connectivity index (χ0v) is 10.7. The number of rotatable bonds is 5. The Balaban J connectivity index is 2.81. The van der Waals surface area contributed by atoms with Crippen molar-refractivity contribution in [1.29, 1.82) is 0 Å². The van der Waals surface area contributed by atoms with Gasteiger partial charge in [0, 0.05) is 6.92 Å². The van der Waals surface area contributed by atoms with Crippen molar-refractivity contribution in [2.75, 3.05) is 0 Å². The fraction of sp³-hybridized carbons (Fsp3) is 0.615. The molecule has 4 heteroatoms. The van der Waals surface area contributed by atoms with E-state index in [2.05, 4.69) is 18.5 Å². The SMILES string of the molecule is C=CC[C@H](NC(C)=O)[C@H]1OC(C)(C)O[C@@H]1C=C. The molecule has 1 saturated heterocycles. The van der Waals surface area contributed by atoms with Gasteiger partial charge in [-0.05, 0) is 20.3 Å². The molecule has 1 fully saturated rings. The van der Waals surface area contributed by atoms with Gasteiger partial charge >= 0.3 is 0 Å². The van der Waals surface area contributed by atoms with Crippen molar-refractivity contribution >= 4 is 5.91 Å². The van der Waals surface area contributed by atoms with Crippen LogP contribution in [0.4, 0.5) is 0 Å². The Morgan fingerprint density at radius 2 is 2.12 bits per heavy atom. The standard InChI is InChI=1S/C13H21NO3/c1-6-8-10(14-9(3)15)12-11(7-2)16-13(4,5)17-12/h6-7,10-12H,1-2,8H2,3-5H3,(H,14,15)/t10-,11+,12+/m0/s1. The lowest BCUT2D eigenvalue weighted by molar-refractivity contribution is -0.147. The molecule has 1 heterocycles. The van der Waals surface area contributed by atoms with Crippen LogP contribution in [-0.2, 0) is 14.3 Å². The lowest BCUT2D eigenvalue weighted by atomic mass is 10.0. The molecular weight excluding hydrogens is 218 g/mol. The molecule has 4 nitrogen and oxygen atoms in total. The van der Waals surface area contributed by atoms with Gasteiger partial charge in [-0.2, -0.15) is 0 Å². The van der Waals surface area contributed by atoms with Gasteiger partial charge in [-0.1, -0.05) is 12.2 Å². The van der Waals surface area contributed by atoms with Crippen LogP contribution in [0.25, 0.3) is 0 Å². The van der Waals surface area contributed by atoms with Crippen LogP contribution < -0.4 is 5.32 Å². The van der Waals surface area contributed by atoms with Gasteiger partial charge in [-0.25, -0.2) is 0 Å². The molecule has 0 aromatic carbocycles. The first-order valence-corrected chi connectivity index (χ1v) is 5.76. The molecule has 0 aromatic rings. The third kappa shape index (κ3) is 3.68. The van der Waals surface area contributed by atoms with E-state index in [1.165, 1.54) is 6.92 Å². The van der Waals surface area contributed by atoms with Crippen LogP contribution in [0.15, 0.2) is 25.3 Å². The molecule has 1 aliphatic rings. The summed E-state index contributed by atoms with van der Waals surface area (Å²) in [5.74, 6) is -0.741. The van der Waals surface area contributed by atoms with Gasteiger partial charge < -0.3 is 14.8 Å². The predicted octanol–water partition coefficient (Wildman–Crippen LogP) is 1.77. The topological polar surface area (TPSA) is 47.6 Å². The molecule has 0 radical (unpaired) electrons. The minimum atomic E-state index is -0.651. The largest absolute Gasteiger partial charge is 0.351 e. The summed E-state index contributed by atoms with van der Waals surface area (Å²) in [7, 11) is 0. The number of hydrogen-bond donors (Lipinski definition) is 1. The van der Waals surface area contributed by atoms with E-state index in [0.29, 0.717) is 6.42 Å². The van der Waals surface area contributed by atoms with Gasteiger partial charge in [0.1, 0.15) is 12.2 Å². The molecule has 1 N–H and O–H groups in total. The summed E-state index contributed by atoms with van der Waals surface area (Å²) >= 11 is 0. The molecule has 1 amide bonds. The Morgan fingerprint density at radius 1 is 1.47 bits per heavy atom. The quantitative estimate of drug-likeness (QED) is 0.744. The third-order valence-electron chi connectivity index (χ3n) is 2.60. The van der Waals surface area contributed by atoms with E-state index in [4.69, 9.17) is 9.47 Å². The van der Waals surface area contributed by atoms with Crippen LogP contribution >= 0.6 is 0 Å². The van der Waals surface area contributed by atoms with E-state index < -0.39 is 5.79 Å². The summed E-state index contributed by atoms with van der Waals surface area (Å²) < 4.78 is 11.5. The maximum atomic E-state index is 11.2. The van der Waals surface area contributed by atoms with Gasteiger partial charge in [0.05, 0.1) is 6.04 Å². The fourth-order valence-electron chi connectivity index (χ4n) is 2.03.